The highest BCUT2D eigenvalue weighted by atomic mass is 16.4. The Morgan fingerprint density at radius 3 is 2.45 bits per heavy atom. The van der Waals surface area contributed by atoms with Gasteiger partial charge in [0.1, 0.15) is 0 Å². The summed E-state index contributed by atoms with van der Waals surface area (Å²) in [6, 6.07) is 0. The van der Waals surface area contributed by atoms with Gasteiger partial charge >= 0.3 is 5.97 Å². The molecule has 0 spiro atoms. The zero-order chi connectivity index (χ0) is 21.1. The highest BCUT2D eigenvalue weighted by Gasteiger charge is 2.65. The van der Waals surface area contributed by atoms with Gasteiger partial charge in [0.25, 0.3) is 0 Å². The van der Waals surface area contributed by atoms with Crippen LogP contribution in [0, 0.1) is 46.3 Å². The first-order valence-electron chi connectivity index (χ1n) is 11.8. The summed E-state index contributed by atoms with van der Waals surface area (Å²) in [7, 11) is 0. The molecule has 0 bridgehead atoms. The third kappa shape index (κ3) is 3.27. The SMILES string of the molecule is C[C@H](CCC(=O)O)C1CCC2C3C(O)CC4C[C@H](O)CCC4(C)C3C[C@@H](O)C21C. The number of hydrogen-bond acceptors (Lipinski definition) is 4. The highest BCUT2D eigenvalue weighted by molar-refractivity contribution is 5.66. The Morgan fingerprint density at radius 1 is 1.03 bits per heavy atom. The Hall–Kier alpha value is -0.650. The van der Waals surface area contributed by atoms with Gasteiger partial charge in [-0.05, 0) is 97.7 Å². The number of aliphatic hydroxyl groups is 3. The highest BCUT2D eigenvalue weighted by Crippen LogP contribution is 2.68. The van der Waals surface area contributed by atoms with Gasteiger partial charge < -0.3 is 20.4 Å². The lowest BCUT2D eigenvalue weighted by molar-refractivity contribution is -0.207. The lowest BCUT2D eigenvalue weighted by atomic mass is 9.43. The third-order valence-electron chi connectivity index (χ3n) is 10.3. The predicted molar refractivity (Wildman–Crippen MR) is 110 cm³/mol. The first-order chi connectivity index (χ1) is 13.6. The van der Waals surface area contributed by atoms with E-state index in [1.807, 2.05) is 0 Å². The van der Waals surface area contributed by atoms with Gasteiger partial charge in [-0.15, -0.1) is 0 Å². The predicted octanol–water partition coefficient (Wildman–Crippen LogP) is 3.45. The molecule has 0 aromatic heterocycles. The molecular weight excluding hydrogens is 368 g/mol. The van der Waals surface area contributed by atoms with Crippen LogP contribution in [0.3, 0.4) is 0 Å². The average Bonchev–Trinajstić information content (AvgIpc) is 3.01. The Balaban J connectivity index is 1.61. The van der Waals surface area contributed by atoms with Crippen LogP contribution in [-0.2, 0) is 4.79 Å². The van der Waals surface area contributed by atoms with Crippen molar-refractivity contribution in [2.75, 3.05) is 0 Å². The lowest BCUT2D eigenvalue weighted by Crippen LogP contribution is -2.62. The van der Waals surface area contributed by atoms with Crippen LogP contribution >= 0.6 is 0 Å². The van der Waals surface area contributed by atoms with E-state index in [-0.39, 0.29) is 41.3 Å². The van der Waals surface area contributed by atoms with Gasteiger partial charge in [0.05, 0.1) is 18.3 Å². The zero-order valence-corrected chi connectivity index (χ0v) is 18.3. The minimum atomic E-state index is -0.748. The fourth-order valence-electron chi connectivity index (χ4n) is 8.68. The van der Waals surface area contributed by atoms with Gasteiger partial charge in [-0.3, -0.25) is 4.79 Å². The number of fused-ring (bicyclic) bond motifs is 5. The molecular formula is C24H40O5. The number of rotatable bonds is 4. The molecule has 0 heterocycles. The van der Waals surface area contributed by atoms with Crippen LogP contribution in [0.2, 0.25) is 0 Å². The second-order valence-electron chi connectivity index (χ2n) is 11.4. The van der Waals surface area contributed by atoms with Crippen molar-refractivity contribution >= 4 is 5.97 Å². The van der Waals surface area contributed by atoms with Crippen molar-refractivity contribution in [3.8, 4) is 0 Å². The van der Waals surface area contributed by atoms with E-state index in [1.165, 1.54) is 0 Å². The molecule has 0 saturated heterocycles. The molecule has 11 atom stereocenters. The van der Waals surface area contributed by atoms with Crippen LogP contribution in [0.15, 0.2) is 0 Å². The minimum absolute atomic E-state index is 0.0957. The van der Waals surface area contributed by atoms with Crippen LogP contribution in [0.25, 0.3) is 0 Å². The molecule has 0 amide bonds. The van der Waals surface area contributed by atoms with Gasteiger partial charge in [0.2, 0.25) is 0 Å². The van der Waals surface area contributed by atoms with Gasteiger partial charge in [0, 0.05) is 6.42 Å². The van der Waals surface area contributed by atoms with E-state index in [9.17, 15) is 20.1 Å². The summed E-state index contributed by atoms with van der Waals surface area (Å²) in [6.45, 7) is 6.72. The Bertz CT molecular complexity index is 637. The summed E-state index contributed by atoms with van der Waals surface area (Å²) in [6.07, 6.45) is 6.00. The molecule has 4 aliphatic rings. The third-order valence-corrected chi connectivity index (χ3v) is 10.3. The average molecular weight is 409 g/mol. The molecule has 4 fully saturated rings. The fourth-order valence-corrected chi connectivity index (χ4v) is 8.68. The quantitative estimate of drug-likeness (QED) is 0.571. The van der Waals surface area contributed by atoms with E-state index in [1.54, 1.807) is 0 Å². The van der Waals surface area contributed by atoms with Gasteiger partial charge in [-0.1, -0.05) is 20.8 Å². The van der Waals surface area contributed by atoms with Crippen molar-refractivity contribution in [1.29, 1.82) is 0 Å². The van der Waals surface area contributed by atoms with Crippen LogP contribution in [0.4, 0.5) is 0 Å². The minimum Gasteiger partial charge on any atom is -0.481 e. The molecule has 5 heteroatoms. The summed E-state index contributed by atoms with van der Waals surface area (Å²) in [5, 5.41) is 42.0. The Labute approximate surface area is 174 Å². The van der Waals surface area contributed by atoms with Gasteiger partial charge in [-0.2, -0.15) is 0 Å². The standard InChI is InChI=1S/C24H40O5/c1-13(4-7-21(28)29)16-5-6-17-22-18(12-20(27)24(16,17)3)23(2)9-8-15(25)10-14(23)11-19(22)26/h13-20,22,25-27H,4-12H2,1-3H3,(H,28,29)/t13-,14?,15-,16?,17?,18?,19?,20-,22?,23?,24?/m1/s1. The molecule has 0 aromatic rings. The molecule has 5 nitrogen and oxygen atoms in total. The van der Waals surface area contributed by atoms with E-state index in [0.717, 1.165) is 44.9 Å². The summed E-state index contributed by atoms with van der Waals surface area (Å²) in [5.74, 6) is 0.997. The molecule has 4 saturated carbocycles. The second kappa shape index (κ2) is 7.49. The summed E-state index contributed by atoms with van der Waals surface area (Å²) < 4.78 is 0. The van der Waals surface area contributed by atoms with Gasteiger partial charge in [-0.25, -0.2) is 0 Å². The van der Waals surface area contributed by atoms with E-state index in [4.69, 9.17) is 5.11 Å². The molecule has 4 N–H and O–H groups in total. The second-order valence-corrected chi connectivity index (χ2v) is 11.4. The van der Waals surface area contributed by atoms with Crippen LogP contribution in [-0.4, -0.2) is 44.7 Å². The number of carboxylic acids is 1. The zero-order valence-electron chi connectivity index (χ0n) is 18.3. The molecule has 0 aliphatic heterocycles. The molecule has 8 unspecified atom stereocenters. The summed E-state index contributed by atoms with van der Waals surface area (Å²) >= 11 is 0. The maximum absolute atomic E-state index is 11.5. The smallest absolute Gasteiger partial charge is 0.303 e. The van der Waals surface area contributed by atoms with E-state index in [0.29, 0.717) is 30.1 Å². The Morgan fingerprint density at radius 2 is 1.76 bits per heavy atom. The molecule has 29 heavy (non-hydrogen) atoms. The van der Waals surface area contributed by atoms with Crippen molar-refractivity contribution in [1.82, 2.24) is 0 Å². The molecule has 0 aromatic carbocycles. The summed E-state index contributed by atoms with van der Waals surface area (Å²) in [4.78, 5) is 11.1. The number of aliphatic carboxylic acids is 1. The number of carbonyl (C=O) groups is 1. The van der Waals surface area contributed by atoms with Gasteiger partial charge in [0.15, 0.2) is 0 Å². The maximum Gasteiger partial charge on any atom is 0.303 e. The maximum atomic E-state index is 11.5. The first kappa shape index (κ1) is 21.6. The largest absolute Gasteiger partial charge is 0.481 e. The van der Waals surface area contributed by atoms with E-state index in [2.05, 4.69) is 20.8 Å². The van der Waals surface area contributed by atoms with Crippen molar-refractivity contribution in [3.63, 3.8) is 0 Å². The van der Waals surface area contributed by atoms with Crippen molar-refractivity contribution in [3.05, 3.63) is 0 Å². The first-order valence-corrected chi connectivity index (χ1v) is 11.8. The van der Waals surface area contributed by atoms with Crippen LogP contribution in [0.1, 0.15) is 78.6 Å². The molecule has 166 valence electrons. The summed E-state index contributed by atoms with van der Waals surface area (Å²) in [5.41, 5.74) is -0.143. The monoisotopic (exact) mass is 408 g/mol. The molecule has 4 rings (SSSR count). The molecule has 0 radical (unpaired) electrons. The number of hydrogen-bond donors (Lipinski definition) is 4. The lowest BCUT2D eigenvalue weighted by Gasteiger charge is -2.63. The Kier molecular flexibility index (Phi) is 5.57. The molecule has 4 aliphatic carbocycles. The van der Waals surface area contributed by atoms with Crippen molar-refractivity contribution < 1.29 is 25.2 Å². The normalized spacial score (nSPS) is 52.9. The van der Waals surface area contributed by atoms with E-state index < -0.39 is 12.1 Å². The van der Waals surface area contributed by atoms with Crippen LogP contribution < -0.4 is 0 Å². The van der Waals surface area contributed by atoms with Crippen LogP contribution in [0.5, 0.6) is 0 Å². The fraction of sp³-hybridized carbons (Fsp3) is 0.958. The van der Waals surface area contributed by atoms with Crippen molar-refractivity contribution in [2.24, 2.45) is 46.3 Å². The van der Waals surface area contributed by atoms with E-state index >= 15 is 0 Å². The van der Waals surface area contributed by atoms with Crippen molar-refractivity contribution in [2.45, 2.75) is 96.9 Å². The topological polar surface area (TPSA) is 98.0 Å². The number of aliphatic hydroxyl groups excluding tert-OH is 3. The number of carboxylic acid groups (broad SMARTS) is 1.